The van der Waals surface area contributed by atoms with Crippen molar-refractivity contribution in [3.63, 3.8) is 0 Å². The molecule has 2 bridgehead atoms. The first-order valence-electron chi connectivity index (χ1n) is 9.48. The Labute approximate surface area is 151 Å². The summed E-state index contributed by atoms with van der Waals surface area (Å²) in [6.07, 6.45) is 3.12. The molecule has 3 fully saturated rings. The second kappa shape index (κ2) is 6.03. The van der Waals surface area contributed by atoms with Crippen LogP contribution in [0.3, 0.4) is 0 Å². The summed E-state index contributed by atoms with van der Waals surface area (Å²) in [5, 5.41) is 5.85. The van der Waals surface area contributed by atoms with Crippen LogP contribution >= 0.6 is 0 Å². The Kier molecular flexibility index (Phi) is 3.76. The number of anilines is 1. The third kappa shape index (κ3) is 2.53. The molecule has 6 nitrogen and oxygen atoms in total. The first kappa shape index (κ1) is 16.2. The van der Waals surface area contributed by atoms with Crippen LogP contribution in [-0.2, 0) is 22.7 Å². The van der Waals surface area contributed by atoms with E-state index >= 15 is 0 Å². The zero-order valence-electron chi connectivity index (χ0n) is 14.6. The molecule has 138 valence electrons. The quantitative estimate of drug-likeness (QED) is 0.769. The van der Waals surface area contributed by atoms with E-state index < -0.39 is 0 Å². The van der Waals surface area contributed by atoms with Gasteiger partial charge in [-0.1, -0.05) is 0 Å². The Balaban J connectivity index is 1.40. The minimum absolute atomic E-state index is 0.160. The fourth-order valence-electron chi connectivity index (χ4n) is 5.05. The fraction of sp³-hybridized carbons (Fsp3) is 0.579. The van der Waals surface area contributed by atoms with E-state index in [0.717, 1.165) is 37.1 Å². The smallest absolute Gasteiger partial charge is 0.243 e. The van der Waals surface area contributed by atoms with Crippen LogP contribution in [0.2, 0.25) is 0 Å². The molecule has 2 amide bonds. The van der Waals surface area contributed by atoms with Gasteiger partial charge in [0.2, 0.25) is 11.8 Å². The summed E-state index contributed by atoms with van der Waals surface area (Å²) in [6.45, 7) is 3.02. The molecule has 26 heavy (non-hydrogen) atoms. The van der Waals surface area contributed by atoms with Crippen LogP contribution in [0, 0.1) is 5.82 Å². The van der Waals surface area contributed by atoms with Crippen LogP contribution < -0.4 is 15.5 Å². The molecule has 2 N–H and O–H groups in total. The van der Waals surface area contributed by atoms with Gasteiger partial charge in [0.05, 0.1) is 11.7 Å². The number of carbonyl (C=O) groups excluding carboxylic acids is 2. The average Bonchev–Trinajstić information content (AvgIpc) is 3.10. The van der Waals surface area contributed by atoms with E-state index in [2.05, 4.69) is 20.4 Å². The fourth-order valence-corrected chi connectivity index (χ4v) is 5.05. The van der Waals surface area contributed by atoms with E-state index in [-0.39, 0.29) is 23.7 Å². The lowest BCUT2D eigenvalue weighted by Gasteiger charge is -2.37. The first-order valence-corrected chi connectivity index (χ1v) is 9.48. The Morgan fingerprint density at radius 3 is 2.38 bits per heavy atom. The van der Waals surface area contributed by atoms with Crippen molar-refractivity contribution >= 4 is 17.5 Å². The summed E-state index contributed by atoms with van der Waals surface area (Å²) >= 11 is 0. The van der Waals surface area contributed by atoms with Gasteiger partial charge in [0, 0.05) is 44.7 Å². The molecule has 0 radical (unpaired) electrons. The molecule has 3 atom stereocenters. The molecule has 4 heterocycles. The lowest BCUT2D eigenvalue weighted by Crippen LogP contribution is -2.52. The van der Waals surface area contributed by atoms with Crippen molar-refractivity contribution in [1.82, 2.24) is 15.5 Å². The maximum atomic E-state index is 14.9. The van der Waals surface area contributed by atoms with Crippen LogP contribution in [-0.4, -0.2) is 47.9 Å². The van der Waals surface area contributed by atoms with Crippen molar-refractivity contribution in [2.24, 2.45) is 0 Å². The molecule has 0 aliphatic carbocycles. The molecule has 3 saturated heterocycles. The summed E-state index contributed by atoms with van der Waals surface area (Å²) < 4.78 is 14.9. The number of fused-ring (bicyclic) bond motifs is 3. The van der Waals surface area contributed by atoms with E-state index in [0.29, 0.717) is 43.7 Å². The minimum atomic E-state index is -0.304. The van der Waals surface area contributed by atoms with Gasteiger partial charge in [-0.2, -0.15) is 0 Å². The Hall–Kier alpha value is -1.99. The van der Waals surface area contributed by atoms with Crippen molar-refractivity contribution in [2.45, 2.75) is 56.9 Å². The van der Waals surface area contributed by atoms with Gasteiger partial charge in [0.15, 0.2) is 0 Å². The summed E-state index contributed by atoms with van der Waals surface area (Å²) in [6, 6.07) is 4.08. The SMILES string of the molecule is O=C1CCC(N2Cc3cc(F)c(N4C5CCC4CNC5)cc3C2)C(=O)N1. The Morgan fingerprint density at radius 2 is 1.69 bits per heavy atom. The highest BCUT2D eigenvalue weighted by molar-refractivity contribution is 6.00. The second-order valence-electron chi connectivity index (χ2n) is 7.89. The van der Waals surface area contributed by atoms with Crippen molar-refractivity contribution in [3.05, 3.63) is 29.1 Å². The largest absolute Gasteiger partial charge is 0.361 e. The van der Waals surface area contributed by atoms with Gasteiger partial charge in [-0.15, -0.1) is 0 Å². The number of benzene rings is 1. The predicted molar refractivity (Wildman–Crippen MR) is 94.0 cm³/mol. The second-order valence-corrected chi connectivity index (χ2v) is 7.89. The van der Waals surface area contributed by atoms with Gasteiger partial charge >= 0.3 is 0 Å². The topological polar surface area (TPSA) is 64.7 Å². The van der Waals surface area contributed by atoms with Gasteiger partial charge < -0.3 is 10.2 Å². The number of rotatable bonds is 2. The molecule has 0 saturated carbocycles. The normalized spacial score (nSPS) is 31.3. The lowest BCUT2D eigenvalue weighted by molar-refractivity contribution is -0.137. The number of piperidine rings is 1. The summed E-state index contributed by atoms with van der Waals surface area (Å²) in [5.74, 6) is -0.590. The first-order chi connectivity index (χ1) is 12.6. The van der Waals surface area contributed by atoms with Gasteiger partial charge in [0.1, 0.15) is 5.82 Å². The maximum Gasteiger partial charge on any atom is 0.243 e. The van der Waals surface area contributed by atoms with Crippen molar-refractivity contribution < 1.29 is 14.0 Å². The molecule has 1 aromatic rings. The number of amides is 2. The zero-order chi connectivity index (χ0) is 17.8. The van der Waals surface area contributed by atoms with Crippen LogP contribution in [0.1, 0.15) is 36.8 Å². The standard InChI is InChI=1S/C19H23FN4O2/c20-15-5-11-9-23(16-3-4-18(25)22-19(16)26)10-12(11)6-17(15)24-13-1-2-14(24)8-21-7-13/h5-6,13-14,16,21H,1-4,7-10H2,(H,22,25,26). The molecular weight excluding hydrogens is 335 g/mol. The van der Waals surface area contributed by atoms with Gasteiger partial charge in [0.25, 0.3) is 0 Å². The van der Waals surface area contributed by atoms with Crippen LogP contribution in [0.5, 0.6) is 0 Å². The number of carbonyl (C=O) groups is 2. The minimum Gasteiger partial charge on any atom is -0.361 e. The number of halogens is 1. The van der Waals surface area contributed by atoms with Crippen LogP contribution in [0.4, 0.5) is 10.1 Å². The Bertz CT molecular complexity index is 767. The monoisotopic (exact) mass is 358 g/mol. The molecule has 0 spiro atoms. The van der Waals surface area contributed by atoms with E-state index in [1.807, 2.05) is 6.07 Å². The van der Waals surface area contributed by atoms with E-state index in [1.54, 1.807) is 6.07 Å². The van der Waals surface area contributed by atoms with Gasteiger partial charge in [-0.05, 0) is 42.5 Å². The number of piperazine rings is 1. The van der Waals surface area contributed by atoms with Crippen molar-refractivity contribution in [3.8, 4) is 0 Å². The molecule has 4 aliphatic heterocycles. The van der Waals surface area contributed by atoms with Gasteiger partial charge in [-0.3, -0.25) is 19.8 Å². The highest BCUT2D eigenvalue weighted by atomic mass is 19.1. The molecule has 4 aliphatic rings. The van der Waals surface area contributed by atoms with Crippen LogP contribution in [0.15, 0.2) is 12.1 Å². The molecular formula is C19H23FN4O2. The van der Waals surface area contributed by atoms with Crippen molar-refractivity contribution in [1.29, 1.82) is 0 Å². The predicted octanol–water partition coefficient (Wildman–Crippen LogP) is 0.887. The number of nitrogens with zero attached hydrogens (tertiary/aromatic N) is 2. The summed E-state index contributed by atoms with van der Waals surface area (Å²) in [5.41, 5.74) is 2.77. The number of hydrogen-bond donors (Lipinski definition) is 2. The third-order valence-corrected chi connectivity index (χ3v) is 6.32. The molecule has 5 rings (SSSR count). The number of hydrogen-bond acceptors (Lipinski definition) is 5. The lowest BCUT2D eigenvalue weighted by atomic mass is 10.0. The highest BCUT2D eigenvalue weighted by Gasteiger charge is 2.39. The zero-order valence-corrected chi connectivity index (χ0v) is 14.6. The number of imide groups is 1. The molecule has 0 aromatic heterocycles. The molecule has 7 heteroatoms. The molecule has 1 aromatic carbocycles. The highest BCUT2D eigenvalue weighted by Crippen LogP contribution is 2.38. The summed E-state index contributed by atoms with van der Waals surface area (Å²) in [7, 11) is 0. The van der Waals surface area contributed by atoms with Crippen molar-refractivity contribution in [2.75, 3.05) is 18.0 Å². The van der Waals surface area contributed by atoms with E-state index in [1.165, 1.54) is 0 Å². The third-order valence-electron chi connectivity index (χ3n) is 6.32. The van der Waals surface area contributed by atoms with E-state index in [9.17, 15) is 14.0 Å². The van der Waals surface area contributed by atoms with Gasteiger partial charge in [-0.25, -0.2) is 4.39 Å². The number of nitrogens with one attached hydrogen (secondary N) is 2. The summed E-state index contributed by atoms with van der Waals surface area (Å²) in [4.78, 5) is 27.9. The van der Waals surface area contributed by atoms with Crippen LogP contribution in [0.25, 0.3) is 0 Å². The molecule has 3 unspecified atom stereocenters. The maximum absolute atomic E-state index is 14.9. The average molecular weight is 358 g/mol. The Morgan fingerprint density at radius 1 is 1.00 bits per heavy atom. The van der Waals surface area contributed by atoms with E-state index in [4.69, 9.17) is 0 Å².